The Morgan fingerprint density at radius 2 is 2.05 bits per heavy atom. The first-order valence-electron chi connectivity index (χ1n) is 7.26. The van der Waals surface area contributed by atoms with Crippen LogP contribution in [-0.4, -0.2) is 30.5 Å². The minimum absolute atomic E-state index is 0.244. The zero-order chi connectivity index (χ0) is 15.9. The lowest BCUT2D eigenvalue weighted by Gasteiger charge is -2.27. The van der Waals surface area contributed by atoms with E-state index in [1.807, 2.05) is 24.3 Å². The summed E-state index contributed by atoms with van der Waals surface area (Å²) in [6, 6.07) is 12.3. The Balaban J connectivity index is 2.05. The average molecular weight is 318 g/mol. The number of benzene rings is 1. The van der Waals surface area contributed by atoms with Crippen LogP contribution in [0.25, 0.3) is 0 Å². The molecule has 2 aromatic rings. The van der Waals surface area contributed by atoms with Gasteiger partial charge in [0, 0.05) is 17.5 Å². The molecule has 0 aliphatic heterocycles. The Morgan fingerprint density at radius 3 is 2.59 bits per heavy atom. The maximum absolute atomic E-state index is 11.4. The second-order valence-corrected chi connectivity index (χ2v) is 6.38. The second-order valence-electron chi connectivity index (χ2n) is 5.35. The van der Waals surface area contributed by atoms with Gasteiger partial charge in [0.1, 0.15) is 5.75 Å². The summed E-state index contributed by atoms with van der Waals surface area (Å²) in [5.41, 5.74) is 6.54. The Labute approximate surface area is 135 Å². The minimum Gasteiger partial charge on any atom is -0.497 e. The minimum atomic E-state index is -0.299. The summed E-state index contributed by atoms with van der Waals surface area (Å²) in [5, 5.41) is 2.07. The molecule has 0 saturated carbocycles. The van der Waals surface area contributed by atoms with Gasteiger partial charge >= 0.3 is 0 Å². The van der Waals surface area contributed by atoms with E-state index in [0.29, 0.717) is 6.54 Å². The van der Waals surface area contributed by atoms with E-state index >= 15 is 0 Å². The third kappa shape index (κ3) is 4.86. The Hall–Kier alpha value is -1.85. The Morgan fingerprint density at radius 1 is 1.32 bits per heavy atom. The number of nitrogens with two attached hydrogens (primary N) is 1. The topological polar surface area (TPSA) is 55.6 Å². The van der Waals surface area contributed by atoms with Crippen LogP contribution in [0.3, 0.4) is 0 Å². The van der Waals surface area contributed by atoms with Crippen molar-refractivity contribution in [3.63, 3.8) is 0 Å². The summed E-state index contributed by atoms with van der Waals surface area (Å²) in [6.07, 6.45) is 0.918. The summed E-state index contributed by atoms with van der Waals surface area (Å²) in [4.78, 5) is 14.8. The van der Waals surface area contributed by atoms with Crippen LogP contribution >= 0.6 is 11.3 Å². The second kappa shape index (κ2) is 7.96. The van der Waals surface area contributed by atoms with Crippen molar-refractivity contribution in [3.8, 4) is 5.75 Å². The lowest BCUT2D eigenvalue weighted by Crippen LogP contribution is -2.40. The van der Waals surface area contributed by atoms with E-state index in [2.05, 4.69) is 29.3 Å². The van der Waals surface area contributed by atoms with Gasteiger partial charge in [0.25, 0.3) is 0 Å². The molecule has 5 heteroatoms. The van der Waals surface area contributed by atoms with Gasteiger partial charge < -0.3 is 10.5 Å². The molecule has 0 bridgehead atoms. The summed E-state index contributed by atoms with van der Waals surface area (Å²) >= 11 is 1.74. The number of carbonyl (C=O) groups is 1. The van der Waals surface area contributed by atoms with E-state index < -0.39 is 0 Å². The highest BCUT2D eigenvalue weighted by molar-refractivity contribution is 7.09. The molecule has 0 spiro atoms. The third-order valence-electron chi connectivity index (χ3n) is 3.60. The normalized spacial score (nSPS) is 12.3. The standard InChI is InChI=1S/C17H22N2O2S/c1-13(10-16-4-3-9-22-16)19(12-17(18)20)11-14-5-7-15(21-2)8-6-14/h3-9,13H,10-12H2,1-2H3,(H2,18,20). The number of ether oxygens (including phenoxy) is 1. The van der Waals surface area contributed by atoms with Gasteiger partial charge in [-0.15, -0.1) is 11.3 Å². The summed E-state index contributed by atoms with van der Waals surface area (Å²) in [6.45, 7) is 3.09. The molecule has 0 saturated heterocycles. The van der Waals surface area contributed by atoms with Crippen LogP contribution in [0.1, 0.15) is 17.4 Å². The molecule has 1 amide bonds. The fraction of sp³-hybridized carbons (Fsp3) is 0.353. The first-order valence-corrected chi connectivity index (χ1v) is 8.14. The number of thiophene rings is 1. The molecule has 0 aliphatic rings. The van der Waals surface area contributed by atoms with Gasteiger partial charge in [-0.25, -0.2) is 0 Å². The number of hydrogen-bond donors (Lipinski definition) is 1. The highest BCUT2D eigenvalue weighted by Crippen LogP contribution is 2.18. The van der Waals surface area contributed by atoms with Gasteiger partial charge in [0.15, 0.2) is 0 Å². The van der Waals surface area contributed by atoms with Crippen molar-refractivity contribution in [2.24, 2.45) is 5.73 Å². The fourth-order valence-electron chi connectivity index (χ4n) is 2.38. The zero-order valence-corrected chi connectivity index (χ0v) is 13.8. The molecule has 1 aromatic heterocycles. The summed E-state index contributed by atoms with van der Waals surface area (Å²) in [7, 11) is 1.65. The number of rotatable bonds is 8. The van der Waals surface area contributed by atoms with Crippen LogP contribution in [-0.2, 0) is 17.8 Å². The number of methoxy groups -OCH3 is 1. The highest BCUT2D eigenvalue weighted by atomic mass is 32.1. The Bertz CT molecular complexity index is 581. The predicted octanol–water partition coefficient (Wildman–Crippen LogP) is 2.68. The van der Waals surface area contributed by atoms with Crippen LogP contribution in [0.2, 0.25) is 0 Å². The van der Waals surface area contributed by atoms with Crippen molar-refractivity contribution in [1.29, 1.82) is 0 Å². The number of hydrogen-bond acceptors (Lipinski definition) is 4. The first kappa shape index (κ1) is 16.5. The zero-order valence-electron chi connectivity index (χ0n) is 13.0. The molecule has 118 valence electrons. The molecule has 1 atom stereocenters. The van der Waals surface area contributed by atoms with Gasteiger partial charge in [-0.1, -0.05) is 18.2 Å². The molecule has 2 rings (SSSR count). The van der Waals surface area contributed by atoms with Crippen molar-refractivity contribution in [2.75, 3.05) is 13.7 Å². The summed E-state index contributed by atoms with van der Waals surface area (Å²) < 4.78 is 5.17. The lowest BCUT2D eigenvalue weighted by molar-refractivity contribution is -0.119. The number of carbonyl (C=O) groups excluding carboxylic acids is 1. The fourth-order valence-corrected chi connectivity index (χ4v) is 3.21. The van der Waals surface area contributed by atoms with E-state index in [0.717, 1.165) is 17.7 Å². The summed E-state index contributed by atoms with van der Waals surface area (Å²) in [5.74, 6) is 0.531. The molecule has 1 aromatic carbocycles. The van der Waals surface area contributed by atoms with Gasteiger partial charge in [-0.05, 0) is 42.5 Å². The van der Waals surface area contributed by atoms with Gasteiger partial charge in [-0.3, -0.25) is 9.69 Å². The van der Waals surface area contributed by atoms with Crippen molar-refractivity contribution in [2.45, 2.75) is 25.9 Å². The number of nitrogens with zero attached hydrogens (tertiary/aromatic N) is 1. The van der Waals surface area contributed by atoms with Gasteiger partial charge in [0.2, 0.25) is 5.91 Å². The highest BCUT2D eigenvalue weighted by Gasteiger charge is 2.17. The van der Waals surface area contributed by atoms with E-state index in [1.165, 1.54) is 4.88 Å². The SMILES string of the molecule is COc1ccc(CN(CC(N)=O)C(C)Cc2cccs2)cc1. The first-order chi connectivity index (χ1) is 10.6. The van der Waals surface area contributed by atoms with Crippen LogP contribution in [0.4, 0.5) is 0 Å². The van der Waals surface area contributed by atoms with E-state index in [4.69, 9.17) is 10.5 Å². The molecule has 22 heavy (non-hydrogen) atoms. The monoisotopic (exact) mass is 318 g/mol. The maximum atomic E-state index is 11.4. The largest absolute Gasteiger partial charge is 0.497 e. The molecule has 4 nitrogen and oxygen atoms in total. The van der Waals surface area contributed by atoms with Crippen LogP contribution in [0.5, 0.6) is 5.75 Å². The predicted molar refractivity (Wildman–Crippen MR) is 90.1 cm³/mol. The van der Waals surface area contributed by atoms with Crippen molar-refractivity contribution in [1.82, 2.24) is 4.90 Å². The van der Waals surface area contributed by atoms with Crippen LogP contribution in [0, 0.1) is 0 Å². The molecule has 0 fully saturated rings. The molecule has 1 heterocycles. The van der Waals surface area contributed by atoms with Crippen molar-refractivity contribution in [3.05, 3.63) is 52.2 Å². The molecule has 2 N–H and O–H groups in total. The average Bonchev–Trinajstić information content (AvgIpc) is 2.99. The Kier molecular flexibility index (Phi) is 5.98. The van der Waals surface area contributed by atoms with Crippen molar-refractivity contribution >= 4 is 17.2 Å². The number of amides is 1. The lowest BCUT2D eigenvalue weighted by atomic mass is 10.1. The quantitative estimate of drug-likeness (QED) is 0.814. The molecular weight excluding hydrogens is 296 g/mol. The molecule has 0 radical (unpaired) electrons. The van der Waals surface area contributed by atoms with Gasteiger partial charge in [-0.2, -0.15) is 0 Å². The molecular formula is C17H22N2O2S. The molecule has 0 aliphatic carbocycles. The van der Waals surface area contributed by atoms with E-state index in [9.17, 15) is 4.79 Å². The number of primary amides is 1. The van der Waals surface area contributed by atoms with Gasteiger partial charge in [0.05, 0.1) is 13.7 Å². The smallest absolute Gasteiger partial charge is 0.231 e. The third-order valence-corrected chi connectivity index (χ3v) is 4.50. The van der Waals surface area contributed by atoms with Crippen LogP contribution < -0.4 is 10.5 Å². The van der Waals surface area contributed by atoms with E-state index in [-0.39, 0.29) is 18.5 Å². The van der Waals surface area contributed by atoms with E-state index in [1.54, 1.807) is 18.4 Å². The molecule has 1 unspecified atom stereocenters. The maximum Gasteiger partial charge on any atom is 0.231 e. The van der Waals surface area contributed by atoms with Crippen molar-refractivity contribution < 1.29 is 9.53 Å². The van der Waals surface area contributed by atoms with Crippen LogP contribution in [0.15, 0.2) is 41.8 Å².